The highest BCUT2D eigenvalue weighted by Crippen LogP contribution is 2.35. The van der Waals surface area contributed by atoms with Gasteiger partial charge in [0.25, 0.3) is 0 Å². The molecule has 2 heterocycles. The Kier molecular flexibility index (Phi) is 2.89. The number of hydrogen-bond acceptors (Lipinski definition) is 2. The Bertz CT molecular complexity index is 409. The van der Waals surface area contributed by atoms with Gasteiger partial charge in [0.2, 0.25) is 0 Å². The molecular weight excluding hydrogens is 217 g/mol. The topological polar surface area (TPSA) is 21.3 Å². The summed E-state index contributed by atoms with van der Waals surface area (Å²) < 4.78 is 19.4. The summed E-state index contributed by atoms with van der Waals surface area (Å²) in [4.78, 5) is 0. The van der Waals surface area contributed by atoms with Crippen LogP contribution in [0.5, 0.6) is 0 Å². The molecule has 4 atom stereocenters. The van der Waals surface area contributed by atoms with Crippen LogP contribution in [0.4, 0.5) is 4.39 Å². The maximum atomic E-state index is 13.6. The van der Waals surface area contributed by atoms with Crippen molar-refractivity contribution >= 4 is 0 Å². The van der Waals surface area contributed by atoms with Gasteiger partial charge in [-0.3, -0.25) is 0 Å². The zero-order chi connectivity index (χ0) is 11.8. The summed E-state index contributed by atoms with van der Waals surface area (Å²) in [6.07, 6.45) is 4.19. The highest BCUT2D eigenvalue weighted by molar-refractivity contribution is 5.21. The Morgan fingerprint density at radius 1 is 1.35 bits per heavy atom. The fraction of sp³-hybridized carbons (Fsp3) is 0.571. The molecule has 1 N–H and O–H groups in total. The molecule has 1 aromatic rings. The summed E-state index contributed by atoms with van der Waals surface area (Å²) in [5, 5.41) is 3.50. The highest BCUT2D eigenvalue weighted by Gasteiger charge is 2.41. The molecule has 4 unspecified atom stereocenters. The molecule has 2 nitrogen and oxygen atoms in total. The molecule has 2 saturated heterocycles. The van der Waals surface area contributed by atoms with E-state index >= 15 is 0 Å². The predicted molar refractivity (Wildman–Crippen MR) is 64.3 cm³/mol. The Morgan fingerprint density at radius 2 is 2.18 bits per heavy atom. The average Bonchev–Trinajstić information content (AvgIpc) is 2.91. The van der Waals surface area contributed by atoms with Crippen LogP contribution in [0.15, 0.2) is 24.3 Å². The first-order valence-corrected chi connectivity index (χ1v) is 6.40. The van der Waals surface area contributed by atoms with Crippen LogP contribution in [0.3, 0.4) is 0 Å². The van der Waals surface area contributed by atoms with E-state index in [2.05, 4.69) is 5.32 Å². The molecule has 0 spiro atoms. The standard InChI is InChI=1S/C14H18FNO/c1-9(11-4-2-3-5-12(11)15)16-13-8-10-6-7-14(13)17-10/h2-5,9-10,13-14,16H,6-8H2,1H3. The minimum atomic E-state index is -0.128. The number of halogens is 1. The minimum absolute atomic E-state index is 0.0455. The molecule has 17 heavy (non-hydrogen) atoms. The second-order valence-corrected chi connectivity index (χ2v) is 5.13. The molecule has 0 saturated carbocycles. The monoisotopic (exact) mass is 235 g/mol. The minimum Gasteiger partial charge on any atom is -0.373 e. The average molecular weight is 235 g/mol. The lowest BCUT2D eigenvalue weighted by Gasteiger charge is -2.25. The molecular formula is C14H18FNO. The number of benzene rings is 1. The van der Waals surface area contributed by atoms with E-state index < -0.39 is 0 Å². The van der Waals surface area contributed by atoms with Gasteiger partial charge in [0, 0.05) is 17.6 Å². The Morgan fingerprint density at radius 3 is 2.82 bits per heavy atom. The third kappa shape index (κ3) is 2.09. The van der Waals surface area contributed by atoms with E-state index in [9.17, 15) is 4.39 Å². The van der Waals surface area contributed by atoms with Crippen molar-refractivity contribution in [1.82, 2.24) is 5.32 Å². The van der Waals surface area contributed by atoms with Crippen LogP contribution in [0.1, 0.15) is 37.8 Å². The SMILES string of the molecule is CC(NC1CC2CCC1O2)c1ccccc1F. The van der Waals surface area contributed by atoms with Crippen molar-refractivity contribution in [3.63, 3.8) is 0 Å². The maximum Gasteiger partial charge on any atom is 0.127 e. The molecule has 3 heteroatoms. The van der Waals surface area contributed by atoms with Crippen molar-refractivity contribution in [3.8, 4) is 0 Å². The number of rotatable bonds is 3. The Hall–Kier alpha value is -0.930. The number of fused-ring (bicyclic) bond motifs is 2. The lowest BCUT2D eigenvalue weighted by molar-refractivity contribution is 0.0962. The number of hydrogen-bond donors (Lipinski definition) is 1. The zero-order valence-corrected chi connectivity index (χ0v) is 10.0. The predicted octanol–water partition coefficient (Wildman–Crippen LogP) is 2.80. The quantitative estimate of drug-likeness (QED) is 0.869. The first-order chi connectivity index (χ1) is 8.24. The van der Waals surface area contributed by atoms with Gasteiger partial charge in [-0.05, 0) is 32.3 Å². The molecule has 0 amide bonds. The smallest absolute Gasteiger partial charge is 0.127 e. The molecule has 0 aliphatic carbocycles. The van der Waals surface area contributed by atoms with Crippen molar-refractivity contribution < 1.29 is 9.13 Å². The summed E-state index contributed by atoms with van der Waals surface area (Å²) in [7, 11) is 0. The Labute approximate surface area is 101 Å². The largest absolute Gasteiger partial charge is 0.373 e. The molecule has 2 bridgehead atoms. The van der Waals surface area contributed by atoms with Crippen molar-refractivity contribution in [2.45, 2.75) is 50.5 Å². The zero-order valence-electron chi connectivity index (χ0n) is 10.0. The molecule has 2 aliphatic rings. The molecule has 2 fully saturated rings. The summed E-state index contributed by atoms with van der Waals surface area (Å²) in [5.41, 5.74) is 0.746. The van der Waals surface area contributed by atoms with Gasteiger partial charge in [-0.15, -0.1) is 0 Å². The molecule has 1 aromatic carbocycles. The summed E-state index contributed by atoms with van der Waals surface area (Å²) in [6, 6.07) is 7.42. The summed E-state index contributed by atoms with van der Waals surface area (Å²) >= 11 is 0. The van der Waals surface area contributed by atoms with Gasteiger partial charge in [0.05, 0.1) is 12.2 Å². The fourth-order valence-electron chi connectivity index (χ4n) is 3.05. The van der Waals surface area contributed by atoms with Crippen LogP contribution in [0.2, 0.25) is 0 Å². The molecule has 2 aliphatic heterocycles. The van der Waals surface area contributed by atoms with Gasteiger partial charge in [-0.25, -0.2) is 4.39 Å². The first kappa shape index (κ1) is 11.2. The van der Waals surface area contributed by atoms with Crippen LogP contribution in [0, 0.1) is 5.82 Å². The van der Waals surface area contributed by atoms with Crippen molar-refractivity contribution in [3.05, 3.63) is 35.6 Å². The van der Waals surface area contributed by atoms with Gasteiger partial charge in [-0.2, -0.15) is 0 Å². The van der Waals surface area contributed by atoms with E-state index in [1.165, 1.54) is 12.5 Å². The van der Waals surface area contributed by atoms with Crippen LogP contribution in [0.25, 0.3) is 0 Å². The second kappa shape index (κ2) is 4.39. The van der Waals surface area contributed by atoms with Gasteiger partial charge < -0.3 is 10.1 Å². The normalized spacial score (nSPS) is 32.9. The number of ether oxygens (including phenoxy) is 1. The lowest BCUT2D eigenvalue weighted by Crippen LogP contribution is -2.39. The Balaban J connectivity index is 1.68. The van der Waals surface area contributed by atoms with Crippen LogP contribution in [-0.4, -0.2) is 18.2 Å². The molecule has 3 rings (SSSR count). The van der Waals surface area contributed by atoms with E-state index in [-0.39, 0.29) is 11.9 Å². The fourth-order valence-corrected chi connectivity index (χ4v) is 3.05. The van der Waals surface area contributed by atoms with Gasteiger partial charge in [0.1, 0.15) is 5.82 Å². The summed E-state index contributed by atoms with van der Waals surface area (Å²) in [5.74, 6) is -0.128. The van der Waals surface area contributed by atoms with Crippen LogP contribution in [-0.2, 0) is 4.74 Å². The van der Waals surface area contributed by atoms with E-state index in [0.29, 0.717) is 18.2 Å². The first-order valence-electron chi connectivity index (χ1n) is 6.40. The van der Waals surface area contributed by atoms with Gasteiger partial charge >= 0.3 is 0 Å². The van der Waals surface area contributed by atoms with Crippen molar-refractivity contribution in [1.29, 1.82) is 0 Å². The second-order valence-electron chi connectivity index (χ2n) is 5.13. The van der Waals surface area contributed by atoms with E-state index in [0.717, 1.165) is 18.4 Å². The van der Waals surface area contributed by atoms with Gasteiger partial charge in [-0.1, -0.05) is 18.2 Å². The third-order valence-electron chi connectivity index (χ3n) is 3.94. The molecule has 0 aromatic heterocycles. The van der Waals surface area contributed by atoms with E-state index in [1.54, 1.807) is 6.07 Å². The third-order valence-corrected chi connectivity index (χ3v) is 3.94. The lowest BCUT2D eigenvalue weighted by atomic mass is 9.94. The number of nitrogens with one attached hydrogen (secondary N) is 1. The summed E-state index contributed by atoms with van der Waals surface area (Å²) in [6.45, 7) is 2.02. The van der Waals surface area contributed by atoms with E-state index in [1.807, 2.05) is 19.1 Å². The van der Waals surface area contributed by atoms with E-state index in [4.69, 9.17) is 4.74 Å². The maximum absolute atomic E-state index is 13.6. The van der Waals surface area contributed by atoms with Crippen LogP contribution < -0.4 is 5.32 Å². The molecule has 0 radical (unpaired) electrons. The molecule has 92 valence electrons. The van der Waals surface area contributed by atoms with Crippen molar-refractivity contribution in [2.24, 2.45) is 0 Å². The highest BCUT2D eigenvalue weighted by atomic mass is 19.1. The van der Waals surface area contributed by atoms with Crippen LogP contribution >= 0.6 is 0 Å². The van der Waals surface area contributed by atoms with Crippen molar-refractivity contribution in [2.75, 3.05) is 0 Å². The van der Waals surface area contributed by atoms with Gasteiger partial charge in [0.15, 0.2) is 0 Å².